The summed E-state index contributed by atoms with van der Waals surface area (Å²) in [6.45, 7) is 6.49. The van der Waals surface area contributed by atoms with E-state index in [4.69, 9.17) is 4.74 Å². The summed E-state index contributed by atoms with van der Waals surface area (Å²) in [5, 5.41) is 2.86. The third kappa shape index (κ3) is 4.65. The highest BCUT2D eigenvalue weighted by Crippen LogP contribution is 2.17. The predicted octanol–water partition coefficient (Wildman–Crippen LogP) is 3.09. The lowest BCUT2D eigenvalue weighted by molar-refractivity contribution is 0.0468. The van der Waals surface area contributed by atoms with Crippen molar-refractivity contribution in [3.8, 4) is 0 Å². The van der Waals surface area contributed by atoms with E-state index in [9.17, 15) is 13.2 Å². The van der Waals surface area contributed by atoms with Crippen molar-refractivity contribution in [1.82, 2.24) is 9.29 Å². The van der Waals surface area contributed by atoms with Crippen LogP contribution in [0.1, 0.15) is 41.8 Å². The van der Waals surface area contributed by atoms with E-state index >= 15 is 0 Å². The first-order chi connectivity index (χ1) is 11.9. The second kappa shape index (κ2) is 8.55. The number of nitrogens with zero attached hydrogens (tertiary/aromatic N) is 2. The van der Waals surface area contributed by atoms with Crippen molar-refractivity contribution in [3.05, 3.63) is 45.9 Å². The summed E-state index contributed by atoms with van der Waals surface area (Å²) in [5.41, 5.74) is 1.03. The third-order valence-corrected chi connectivity index (χ3v) is 6.79. The zero-order valence-corrected chi connectivity index (χ0v) is 16.2. The summed E-state index contributed by atoms with van der Waals surface area (Å²) in [6, 6.07) is 5.80. The third-order valence-electron chi connectivity index (χ3n) is 3.69. The van der Waals surface area contributed by atoms with Crippen molar-refractivity contribution >= 4 is 27.3 Å². The molecule has 136 valence electrons. The minimum atomic E-state index is -3.53. The van der Waals surface area contributed by atoms with Crippen LogP contribution in [0.15, 0.2) is 34.5 Å². The van der Waals surface area contributed by atoms with E-state index in [1.807, 2.05) is 12.3 Å². The minimum Gasteiger partial charge on any atom is -0.456 e. The Morgan fingerprint density at radius 1 is 1.16 bits per heavy atom. The fourth-order valence-corrected chi connectivity index (χ4v) is 4.46. The SMILES string of the molecule is CCc1nc(COC(=O)c2ccc(S(=O)(=O)N(CC)CC)cc2)cs1. The zero-order chi connectivity index (χ0) is 18.4. The number of ether oxygens (including phenoxy) is 1. The highest BCUT2D eigenvalue weighted by atomic mass is 32.2. The van der Waals surface area contributed by atoms with Gasteiger partial charge in [-0.1, -0.05) is 20.8 Å². The molecule has 0 unspecified atom stereocenters. The maximum Gasteiger partial charge on any atom is 0.338 e. The maximum atomic E-state index is 12.4. The second-order valence-corrected chi connectivity index (χ2v) is 8.16. The molecule has 0 fully saturated rings. The molecule has 25 heavy (non-hydrogen) atoms. The van der Waals surface area contributed by atoms with Crippen molar-refractivity contribution in [1.29, 1.82) is 0 Å². The number of hydrogen-bond donors (Lipinski definition) is 0. The molecule has 0 bridgehead atoms. The van der Waals surface area contributed by atoms with Crippen molar-refractivity contribution in [2.45, 2.75) is 38.7 Å². The van der Waals surface area contributed by atoms with Gasteiger partial charge in [-0.3, -0.25) is 0 Å². The molecule has 0 N–H and O–H groups in total. The molecule has 0 saturated carbocycles. The Bertz CT molecular complexity index is 809. The predicted molar refractivity (Wildman–Crippen MR) is 97.2 cm³/mol. The normalized spacial score (nSPS) is 11.7. The first kappa shape index (κ1) is 19.6. The van der Waals surface area contributed by atoms with E-state index in [1.54, 1.807) is 13.8 Å². The number of esters is 1. The quantitative estimate of drug-likeness (QED) is 0.656. The Morgan fingerprint density at radius 3 is 2.32 bits per heavy atom. The topological polar surface area (TPSA) is 76.6 Å². The average molecular weight is 383 g/mol. The van der Waals surface area contributed by atoms with Gasteiger partial charge in [0.1, 0.15) is 6.61 Å². The van der Waals surface area contributed by atoms with Crippen LogP contribution in [0.4, 0.5) is 0 Å². The van der Waals surface area contributed by atoms with E-state index in [0.717, 1.165) is 17.1 Å². The Morgan fingerprint density at radius 2 is 1.80 bits per heavy atom. The minimum absolute atomic E-state index is 0.106. The van der Waals surface area contributed by atoms with Gasteiger partial charge in [-0.25, -0.2) is 18.2 Å². The molecule has 0 amide bonds. The zero-order valence-electron chi connectivity index (χ0n) is 14.6. The molecule has 0 aliphatic heterocycles. The number of aryl methyl sites for hydroxylation is 1. The summed E-state index contributed by atoms with van der Waals surface area (Å²) in [5.74, 6) is -0.502. The molecule has 1 aromatic heterocycles. The van der Waals surface area contributed by atoms with Crippen LogP contribution < -0.4 is 0 Å². The van der Waals surface area contributed by atoms with Gasteiger partial charge in [-0.15, -0.1) is 11.3 Å². The Labute approximate surface area is 152 Å². The summed E-state index contributed by atoms with van der Waals surface area (Å²) in [6.07, 6.45) is 0.848. The molecule has 6 nitrogen and oxygen atoms in total. The molecule has 2 rings (SSSR count). The van der Waals surface area contributed by atoms with E-state index in [0.29, 0.717) is 18.7 Å². The van der Waals surface area contributed by atoms with Gasteiger partial charge in [0.2, 0.25) is 10.0 Å². The smallest absolute Gasteiger partial charge is 0.338 e. The molecule has 0 saturated heterocycles. The average Bonchev–Trinajstić information content (AvgIpc) is 3.08. The van der Waals surface area contributed by atoms with Gasteiger partial charge in [-0.2, -0.15) is 4.31 Å². The van der Waals surface area contributed by atoms with Crippen LogP contribution in [0.3, 0.4) is 0 Å². The Kier molecular flexibility index (Phi) is 6.69. The van der Waals surface area contributed by atoms with Crippen LogP contribution in [0.5, 0.6) is 0 Å². The maximum absolute atomic E-state index is 12.4. The first-order valence-electron chi connectivity index (χ1n) is 8.12. The number of carbonyl (C=O) groups is 1. The lowest BCUT2D eigenvalue weighted by atomic mass is 10.2. The number of rotatable bonds is 8. The van der Waals surface area contributed by atoms with Crippen LogP contribution in [0.25, 0.3) is 0 Å². The van der Waals surface area contributed by atoms with Gasteiger partial charge in [0.05, 0.1) is 21.2 Å². The number of carbonyl (C=O) groups excluding carboxylic acids is 1. The van der Waals surface area contributed by atoms with Crippen molar-refractivity contribution in [2.75, 3.05) is 13.1 Å². The van der Waals surface area contributed by atoms with Crippen LogP contribution in [-0.4, -0.2) is 36.8 Å². The summed E-state index contributed by atoms with van der Waals surface area (Å²) in [7, 11) is -3.53. The molecule has 0 aliphatic carbocycles. The summed E-state index contributed by atoms with van der Waals surface area (Å²) >= 11 is 1.53. The van der Waals surface area contributed by atoms with Crippen molar-refractivity contribution < 1.29 is 17.9 Å². The lowest BCUT2D eigenvalue weighted by Crippen LogP contribution is -2.30. The van der Waals surface area contributed by atoms with Gasteiger partial charge in [-0.05, 0) is 30.7 Å². The number of aromatic nitrogens is 1. The highest BCUT2D eigenvalue weighted by molar-refractivity contribution is 7.89. The Balaban J connectivity index is 2.04. The van der Waals surface area contributed by atoms with Crippen molar-refractivity contribution in [2.24, 2.45) is 0 Å². The van der Waals surface area contributed by atoms with Gasteiger partial charge < -0.3 is 4.74 Å². The van der Waals surface area contributed by atoms with E-state index in [2.05, 4.69) is 4.98 Å². The molecule has 8 heteroatoms. The summed E-state index contributed by atoms with van der Waals surface area (Å²) < 4.78 is 31.4. The van der Waals surface area contributed by atoms with Gasteiger partial charge >= 0.3 is 5.97 Å². The Hall–Kier alpha value is -1.77. The van der Waals surface area contributed by atoms with E-state index in [-0.39, 0.29) is 11.5 Å². The van der Waals surface area contributed by atoms with Crippen LogP contribution >= 0.6 is 11.3 Å². The van der Waals surface area contributed by atoms with Crippen molar-refractivity contribution in [3.63, 3.8) is 0 Å². The number of hydrogen-bond acceptors (Lipinski definition) is 6. The lowest BCUT2D eigenvalue weighted by Gasteiger charge is -2.18. The van der Waals surface area contributed by atoms with Crippen LogP contribution in [0, 0.1) is 0 Å². The number of thiazole rings is 1. The highest BCUT2D eigenvalue weighted by Gasteiger charge is 2.21. The monoisotopic (exact) mass is 382 g/mol. The molecule has 0 aliphatic rings. The van der Waals surface area contributed by atoms with Gasteiger partial charge in [0, 0.05) is 18.5 Å². The first-order valence-corrected chi connectivity index (χ1v) is 10.4. The molecule has 0 spiro atoms. The second-order valence-electron chi connectivity index (χ2n) is 5.28. The fraction of sp³-hybridized carbons (Fsp3) is 0.412. The molecule has 1 heterocycles. The summed E-state index contributed by atoms with van der Waals surface area (Å²) in [4.78, 5) is 16.6. The van der Waals surface area contributed by atoms with Gasteiger partial charge in [0.25, 0.3) is 0 Å². The van der Waals surface area contributed by atoms with Crippen LogP contribution in [0.2, 0.25) is 0 Å². The van der Waals surface area contributed by atoms with Gasteiger partial charge in [0.15, 0.2) is 0 Å². The van der Waals surface area contributed by atoms with E-state index < -0.39 is 16.0 Å². The molecule has 0 atom stereocenters. The molecular formula is C17H22N2O4S2. The molecule has 0 radical (unpaired) electrons. The molecule has 2 aromatic rings. The fourth-order valence-electron chi connectivity index (χ4n) is 2.28. The van der Waals surface area contributed by atoms with E-state index in [1.165, 1.54) is 39.9 Å². The number of benzene rings is 1. The standard InChI is InChI=1S/C17H22N2O4S2/c1-4-16-18-14(12-24-16)11-23-17(20)13-7-9-15(10-8-13)25(21,22)19(5-2)6-3/h7-10,12H,4-6,11H2,1-3H3. The molecule has 1 aromatic carbocycles. The van der Waals surface area contributed by atoms with Crippen LogP contribution in [-0.2, 0) is 27.8 Å². The molecular weight excluding hydrogens is 360 g/mol. The largest absolute Gasteiger partial charge is 0.456 e. The number of sulfonamides is 1.